The molecule has 0 fully saturated rings. The fraction of sp³-hybridized carbons (Fsp3) is 0.562. The topological polar surface area (TPSA) is 35.5 Å². The van der Waals surface area contributed by atoms with Gasteiger partial charge in [-0.1, -0.05) is 20.3 Å². The second-order valence-electron chi connectivity index (χ2n) is 4.95. The van der Waals surface area contributed by atoms with E-state index in [0.29, 0.717) is 5.56 Å². The lowest BCUT2D eigenvalue weighted by Gasteiger charge is -2.13. The molecule has 1 unspecified atom stereocenters. The maximum absolute atomic E-state index is 13.9. The highest BCUT2D eigenvalue weighted by Gasteiger charge is 2.18. The van der Waals surface area contributed by atoms with Gasteiger partial charge in [0.15, 0.2) is 17.4 Å². The minimum atomic E-state index is -0.739. The van der Waals surface area contributed by atoms with E-state index in [4.69, 9.17) is 9.47 Å². The molecule has 1 aromatic carbocycles. The van der Waals surface area contributed by atoms with Crippen molar-refractivity contribution >= 4 is 5.97 Å². The maximum Gasteiger partial charge on any atom is 0.308 e. The van der Waals surface area contributed by atoms with Crippen molar-refractivity contribution in [2.75, 3.05) is 13.2 Å². The lowest BCUT2D eigenvalue weighted by atomic mass is 10.0. The van der Waals surface area contributed by atoms with Crippen LogP contribution < -0.4 is 4.74 Å². The Balaban J connectivity index is 2.76. The van der Waals surface area contributed by atoms with E-state index >= 15 is 0 Å². The van der Waals surface area contributed by atoms with Crippen LogP contribution in [-0.2, 0) is 16.0 Å². The summed E-state index contributed by atoms with van der Waals surface area (Å²) in [6.45, 7) is 5.92. The molecule has 0 aliphatic rings. The summed E-state index contributed by atoms with van der Waals surface area (Å²) in [5.41, 5.74) is 0.411. The largest absolute Gasteiger partial charge is 0.488 e. The fourth-order valence-corrected chi connectivity index (χ4v) is 1.91. The van der Waals surface area contributed by atoms with Crippen LogP contribution in [0.15, 0.2) is 12.1 Å². The summed E-state index contributed by atoms with van der Waals surface area (Å²) in [7, 11) is 0. The predicted molar refractivity (Wildman–Crippen MR) is 76.3 cm³/mol. The zero-order chi connectivity index (χ0) is 15.8. The molecule has 118 valence electrons. The van der Waals surface area contributed by atoms with Crippen molar-refractivity contribution in [1.82, 2.24) is 0 Å². The summed E-state index contributed by atoms with van der Waals surface area (Å²) < 4.78 is 37.7. The molecular formula is C16H22F2O3. The average Bonchev–Trinajstić information content (AvgIpc) is 2.42. The second-order valence-corrected chi connectivity index (χ2v) is 4.95. The Morgan fingerprint density at radius 1 is 1.24 bits per heavy atom. The highest BCUT2D eigenvalue weighted by molar-refractivity contribution is 5.72. The normalized spacial score (nSPS) is 12.0. The lowest BCUT2D eigenvalue weighted by Crippen LogP contribution is -2.17. The smallest absolute Gasteiger partial charge is 0.308 e. The van der Waals surface area contributed by atoms with Crippen LogP contribution >= 0.6 is 0 Å². The zero-order valence-corrected chi connectivity index (χ0v) is 12.7. The third-order valence-electron chi connectivity index (χ3n) is 3.03. The summed E-state index contributed by atoms with van der Waals surface area (Å²) in [5, 5.41) is 0. The molecule has 0 amide bonds. The van der Waals surface area contributed by atoms with Crippen LogP contribution in [0.4, 0.5) is 8.78 Å². The van der Waals surface area contributed by atoms with Gasteiger partial charge in [-0.2, -0.15) is 0 Å². The van der Waals surface area contributed by atoms with Crippen LogP contribution in [0.25, 0.3) is 0 Å². The van der Waals surface area contributed by atoms with Gasteiger partial charge in [0.05, 0.1) is 19.1 Å². The molecule has 3 nitrogen and oxygen atoms in total. The van der Waals surface area contributed by atoms with Crippen molar-refractivity contribution in [3.8, 4) is 5.75 Å². The van der Waals surface area contributed by atoms with Gasteiger partial charge in [-0.05, 0) is 37.5 Å². The van der Waals surface area contributed by atoms with E-state index in [-0.39, 0.29) is 31.4 Å². The molecule has 0 aliphatic carbocycles. The first-order valence-corrected chi connectivity index (χ1v) is 7.26. The first-order chi connectivity index (χ1) is 9.99. The van der Waals surface area contributed by atoms with Gasteiger partial charge >= 0.3 is 5.97 Å². The first-order valence-electron chi connectivity index (χ1n) is 7.26. The van der Waals surface area contributed by atoms with E-state index in [1.54, 1.807) is 13.8 Å². The number of benzene rings is 1. The quantitative estimate of drug-likeness (QED) is 0.540. The van der Waals surface area contributed by atoms with Gasteiger partial charge in [-0.25, -0.2) is 8.78 Å². The number of hydrogen-bond donors (Lipinski definition) is 0. The molecule has 0 heterocycles. The third-order valence-corrected chi connectivity index (χ3v) is 3.03. The Labute approximate surface area is 124 Å². The van der Waals surface area contributed by atoms with Crippen LogP contribution in [0.2, 0.25) is 0 Å². The molecule has 0 saturated heterocycles. The SMILES string of the molecule is CCCCOc1c(F)cc(CC(C)C(=O)OCC)cc1F. The molecule has 5 heteroatoms. The molecule has 0 N–H and O–H groups in total. The number of unbranched alkanes of at least 4 members (excludes halogenated alkanes) is 1. The number of hydrogen-bond acceptors (Lipinski definition) is 3. The van der Waals surface area contributed by atoms with E-state index in [2.05, 4.69) is 0 Å². The van der Waals surface area contributed by atoms with Gasteiger partial charge in [0, 0.05) is 0 Å². The highest BCUT2D eigenvalue weighted by Crippen LogP contribution is 2.25. The molecule has 1 aromatic rings. The molecule has 0 spiro atoms. The third kappa shape index (κ3) is 5.33. The minimum absolute atomic E-state index is 0.224. The van der Waals surface area contributed by atoms with Crippen LogP contribution in [-0.4, -0.2) is 19.2 Å². The van der Waals surface area contributed by atoms with Crippen molar-refractivity contribution in [1.29, 1.82) is 0 Å². The first kappa shape index (κ1) is 17.4. The van der Waals surface area contributed by atoms with Gasteiger partial charge in [0.25, 0.3) is 0 Å². The Kier molecular flexibility index (Phi) is 7.12. The number of carbonyl (C=O) groups excluding carboxylic acids is 1. The number of rotatable bonds is 8. The molecule has 0 saturated carbocycles. The molecular weight excluding hydrogens is 278 g/mol. The number of halogens is 2. The summed E-state index contributed by atoms with van der Waals surface area (Å²) in [6, 6.07) is 2.42. The predicted octanol–water partition coefficient (Wildman–Crippen LogP) is 3.89. The van der Waals surface area contributed by atoms with Crippen LogP contribution in [0.3, 0.4) is 0 Å². The highest BCUT2D eigenvalue weighted by atomic mass is 19.1. The Morgan fingerprint density at radius 2 is 1.86 bits per heavy atom. The number of esters is 1. The van der Waals surface area contributed by atoms with E-state index in [9.17, 15) is 13.6 Å². The molecule has 1 rings (SSSR count). The Bertz CT molecular complexity index is 452. The Hall–Kier alpha value is -1.65. The molecule has 0 bridgehead atoms. The van der Waals surface area contributed by atoms with Crippen molar-refractivity contribution in [2.45, 2.75) is 40.0 Å². The van der Waals surface area contributed by atoms with Crippen LogP contribution in [0.5, 0.6) is 5.75 Å². The number of carbonyl (C=O) groups is 1. The Morgan fingerprint density at radius 3 is 2.38 bits per heavy atom. The van der Waals surface area contributed by atoms with Crippen LogP contribution in [0.1, 0.15) is 39.2 Å². The van der Waals surface area contributed by atoms with Gasteiger partial charge < -0.3 is 9.47 Å². The molecule has 21 heavy (non-hydrogen) atoms. The average molecular weight is 300 g/mol. The van der Waals surface area contributed by atoms with Crippen molar-refractivity contribution in [3.05, 3.63) is 29.3 Å². The zero-order valence-electron chi connectivity index (χ0n) is 12.7. The van der Waals surface area contributed by atoms with E-state index in [1.807, 2.05) is 6.92 Å². The van der Waals surface area contributed by atoms with Crippen molar-refractivity contribution in [3.63, 3.8) is 0 Å². The second kappa shape index (κ2) is 8.60. The summed E-state index contributed by atoms with van der Waals surface area (Å²) in [6.07, 6.45) is 1.85. The van der Waals surface area contributed by atoms with Crippen molar-refractivity contribution in [2.24, 2.45) is 5.92 Å². The number of ether oxygens (including phenoxy) is 2. The standard InChI is InChI=1S/C16H22F2O3/c1-4-6-7-21-15-13(17)9-12(10-14(15)18)8-11(3)16(19)20-5-2/h9-11H,4-8H2,1-3H3. The van der Waals surface area contributed by atoms with Crippen molar-refractivity contribution < 1.29 is 23.0 Å². The monoisotopic (exact) mass is 300 g/mol. The van der Waals surface area contributed by atoms with Crippen LogP contribution in [0, 0.1) is 17.6 Å². The minimum Gasteiger partial charge on any atom is -0.488 e. The molecule has 0 radical (unpaired) electrons. The molecule has 0 aliphatic heterocycles. The van der Waals surface area contributed by atoms with Gasteiger partial charge in [-0.3, -0.25) is 4.79 Å². The lowest BCUT2D eigenvalue weighted by molar-refractivity contribution is -0.147. The molecule has 0 aromatic heterocycles. The van der Waals surface area contributed by atoms with Gasteiger partial charge in [0.2, 0.25) is 0 Å². The van der Waals surface area contributed by atoms with E-state index in [0.717, 1.165) is 12.8 Å². The fourth-order valence-electron chi connectivity index (χ4n) is 1.91. The molecule has 1 atom stereocenters. The van der Waals surface area contributed by atoms with Gasteiger partial charge in [-0.15, -0.1) is 0 Å². The summed E-state index contributed by atoms with van der Waals surface area (Å²) in [5.74, 6) is -2.65. The van der Waals surface area contributed by atoms with E-state index in [1.165, 1.54) is 12.1 Å². The summed E-state index contributed by atoms with van der Waals surface area (Å²) in [4.78, 5) is 11.5. The summed E-state index contributed by atoms with van der Waals surface area (Å²) >= 11 is 0. The van der Waals surface area contributed by atoms with Gasteiger partial charge in [0.1, 0.15) is 0 Å². The maximum atomic E-state index is 13.9. The van der Waals surface area contributed by atoms with E-state index < -0.39 is 17.6 Å².